The van der Waals surface area contributed by atoms with E-state index >= 15 is 0 Å². The van der Waals surface area contributed by atoms with Gasteiger partial charge in [0.2, 0.25) is 5.91 Å². The maximum atomic E-state index is 12.8. The summed E-state index contributed by atoms with van der Waals surface area (Å²) in [6.45, 7) is 0.775. The van der Waals surface area contributed by atoms with Gasteiger partial charge in [0.1, 0.15) is 5.82 Å². The van der Waals surface area contributed by atoms with Gasteiger partial charge in [-0.25, -0.2) is 4.39 Å². The molecule has 2 rings (SSSR count). The van der Waals surface area contributed by atoms with E-state index in [9.17, 15) is 9.18 Å². The Hall–Kier alpha value is -1.23. The molecule has 0 radical (unpaired) electrons. The Morgan fingerprint density at radius 3 is 2.88 bits per heavy atom. The third-order valence-corrected chi connectivity index (χ3v) is 3.97. The largest absolute Gasteiger partial charge is 0.398 e. The number of thioether (sulfide) groups is 1. The molecule has 86 valence electrons. The first-order chi connectivity index (χ1) is 7.58. The molecule has 5 heteroatoms. The average molecular weight is 240 g/mol. The number of hydrogen-bond donors (Lipinski definition) is 1. The van der Waals surface area contributed by atoms with E-state index in [1.54, 1.807) is 18.0 Å². The van der Waals surface area contributed by atoms with Crippen molar-refractivity contribution in [1.82, 2.24) is 4.90 Å². The number of nitrogen functional groups attached to an aromatic ring is 1. The van der Waals surface area contributed by atoms with Gasteiger partial charge in [0.15, 0.2) is 0 Å². The van der Waals surface area contributed by atoms with Crippen molar-refractivity contribution < 1.29 is 9.18 Å². The molecule has 1 amide bonds. The number of nitrogens with zero attached hydrogens (tertiary/aromatic N) is 1. The topological polar surface area (TPSA) is 46.3 Å². The van der Waals surface area contributed by atoms with Gasteiger partial charge in [-0.05, 0) is 24.6 Å². The van der Waals surface area contributed by atoms with E-state index in [0.29, 0.717) is 5.69 Å². The molecule has 1 heterocycles. The number of halogens is 1. The number of hydrogen-bond acceptors (Lipinski definition) is 3. The predicted molar refractivity (Wildman–Crippen MR) is 62.7 cm³/mol. The molecule has 1 aromatic rings. The number of carbonyl (C=O) groups excluding carboxylic acids is 1. The zero-order valence-electron chi connectivity index (χ0n) is 8.94. The van der Waals surface area contributed by atoms with Crippen LogP contribution >= 0.6 is 11.8 Å². The van der Waals surface area contributed by atoms with E-state index in [1.165, 1.54) is 23.9 Å². The summed E-state index contributed by atoms with van der Waals surface area (Å²) >= 11 is 1.42. The van der Waals surface area contributed by atoms with Crippen LogP contribution < -0.4 is 5.73 Å². The van der Waals surface area contributed by atoms with Crippen molar-refractivity contribution in [2.45, 2.75) is 16.6 Å². The van der Waals surface area contributed by atoms with Crippen molar-refractivity contribution in [1.29, 1.82) is 0 Å². The minimum absolute atomic E-state index is 0.0854. The fourth-order valence-corrected chi connectivity index (χ4v) is 2.83. The van der Waals surface area contributed by atoms with E-state index < -0.39 is 0 Å². The molecule has 1 aromatic carbocycles. The Labute approximate surface area is 97.8 Å². The van der Waals surface area contributed by atoms with Crippen LogP contribution in [0.5, 0.6) is 0 Å². The number of benzene rings is 1. The van der Waals surface area contributed by atoms with Crippen LogP contribution in [0.2, 0.25) is 0 Å². The molecule has 0 bridgehead atoms. The van der Waals surface area contributed by atoms with Crippen LogP contribution in [0.4, 0.5) is 10.1 Å². The predicted octanol–water partition coefficient (Wildman–Crippen LogP) is 1.73. The summed E-state index contributed by atoms with van der Waals surface area (Å²) in [6, 6.07) is 4.27. The molecule has 1 aliphatic heterocycles. The zero-order chi connectivity index (χ0) is 11.7. The molecule has 0 aliphatic carbocycles. The Kier molecular flexibility index (Phi) is 3.05. The van der Waals surface area contributed by atoms with Crippen LogP contribution in [0.1, 0.15) is 6.42 Å². The third kappa shape index (κ3) is 2.14. The second kappa shape index (κ2) is 4.33. The van der Waals surface area contributed by atoms with Crippen molar-refractivity contribution in [3.05, 3.63) is 24.0 Å². The first kappa shape index (κ1) is 11.3. The average Bonchev–Trinajstić information content (AvgIpc) is 2.54. The Balaban J connectivity index is 2.12. The summed E-state index contributed by atoms with van der Waals surface area (Å²) in [5.41, 5.74) is 6.09. The van der Waals surface area contributed by atoms with Gasteiger partial charge in [-0.2, -0.15) is 0 Å². The summed E-state index contributed by atoms with van der Waals surface area (Å²) in [6.07, 6.45) is 0.816. The quantitative estimate of drug-likeness (QED) is 0.801. The molecule has 0 aromatic heterocycles. The van der Waals surface area contributed by atoms with Crippen molar-refractivity contribution >= 4 is 23.4 Å². The van der Waals surface area contributed by atoms with Gasteiger partial charge >= 0.3 is 0 Å². The standard InChI is InChI=1S/C11H13FN2OS/c1-14-5-4-10(11(14)15)16-9-3-2-7(12)6-8(9)13/h2-3,6,10H,4-5,13H2,1H3/t10-/m0/s1. The van der Waals surface area contributed by atoms with Crippen LogP contribution in [0.3, 0.4) is 0 Å². The zero-order valence-corrected chi connectivity index (χ0v) is 9.76. The fraction of sp³-hybridized carbons (Fsp3) is 0.364. The molecule has 0 spiro atoms. The number of likely N-dealkylation sites (tertiary alicyclic amines) is 1. The second-order valence-electron chi connectivity index (χ2n) is 3.84. The molecule has 1 fully saturated rings. The SMILES string of the molecule is CN1CC[C@H](Sc2ccc(F)cc2N)C1=O. The normalized spacial score (nSPS) is 20.5. The molecule has 3 nitrogen and oxygen atoms in total. The smallest absolute Gasteiger partial charge is 0.235 e. The van der Waals surface area contributed by atoms with Gasteiger partial charge in [-0.1, -0.05) is 0 Å². The number of amides is 1. The van der Waals surface area contributed by atoms with E-state index in [4.69, 9.17) is 5.73 Å². The third-order valence-electron chi connectivity index (χ3n) is 2.62. The maximum Gasteiger partial charge on any atom is 0.235 e. The van der Waals surface area contributed by atoms with E-state index in [0.717, 1.165) is 17.9 Å². The monoisotopic (exact) mass is 240 g/mol. The molecule has 16 heavy (non-hydrogen) atoms. The van der Waals surface area contributed by atoms with Crippen LogP contribution in [0.25, 0.3) is 0 Å². The highest BCUT2D eigenvalue weighted by molar-refractivity contribution is 8.00. The highest BCUT2D eigenvalue weighted by Gasteiger charge is 2.30. The molecule has 1 aliphatic rings. The molecule has 2 N–H and O–H groups in total. The molecular formula is C11H13FN2OS. The number of nitrogens with two attached hydrogens (primary N) is 1. The molecule has 1 saturated heterocycles. The lowest BCUT2D eigenvalue weighted by Crippen LogP contribution is -2.23. The minimum Gasteiger partial charge on any atom is -0.398 e. The lowest BCUT2D eigenvalue weighted by Gasteiger charge is -2.11. The van der Waals surface area contributed by atoms with E-state index in [2.05, 4.69) is 0 Å². The van der Waals surface area contributed by atoms with Gasteiger partial charge in [-0.3, -0.25) is 4.79 Å². The summed E-state index contributed by atoms with van der Waals surface area (Å²) in [5.74, 6) is -0.231. The highest BCUT2D eigenvalue weighted by Crippen LogP contribution is 2.33. The van der Waals surface area contributed by atoms with Gasteiger partial charge in [-0.15, -0.1) is 11.8 Å². The minimum atomic E-state index is -0.350. The lowest BCUT2D eigenvalue weighted by atomic mass is 10.3. The summed E-state index contributed by atoms with van der Waals surface area (Å²) in [7, 11) is 1.79. The number of anilines is 1. The molecule has 0 unspecified atom stereocenters. The van der Waals surface area contributed by atoms with Crippen molar-refractivity contribution in [2.75, 3.05) is 19.3 Å². The second-order valence-corrected chi connectivity index (χ2v) is 5.08. The Bertz CT molecular complexity index is 424. The van der Waals surface area contributed by atoms with Gasteiger partial charge in [0, 0.05) is 24.2 Å². The Morgan fingerprint density at radius 2 is 2.31 bits per heavy atom. The maximum absolute atomic E-state index is 12.8. The first-order valence-corrected chi connectivity index (χ1v) is 5.92. The molecule has 1 atom stereocenters. The van der Waals surface area contributed by atoms with Crippen molar-refractivity contribution in [3.8, 4) is 0 Å². The highest BCUT2D eigenvalue weighted by atomic mass is 32.2. The number of rotatable bonds is 2. The van der Waals surface area contributed by atoms with Gasteiger partial charge in [0.25, 0.3) is 0 Å². The van der Waals surface area contributed by atoms with E-state index in [1.807, 2.05) is 0 Å². The van der Waals surface area contributed by atoms with Crippen LogP contribution in [0.15, 0.2) is 23.1 Å². The first-order valence-electron chi connectivity index (χ1n) is 5.04. The Morgan fingerprint density at radius 1 is 1.56 bits per heavy atom. The van der Waals surface area contributed by atoms with Crippen LogP contribution in [0, 0.1) is 5.82 Å². The summed E-state index contributed by atoms with van der Waals surface area (Å²) in [5, 5.41) is -0.0854. The van der Waals surface area contributed by atoms with Crippen LogP contribution in [-0.2, 0) is 4.79 Å². The molecular weight excluding hydrogens is 227 g/mol. The van der Waals surface area contributed by atoms with Gasteiger partial charge < -0.3 is 10.6 Å². The van der Waals surface area contributed by atoms with Gasteiger partial charge in [0.05, 0.1) is 5.25 Å². The molecule has 0 saturated carbocycles. The summed E-state index contributed by atoms with van der Waals surface area (Å²) in [4.78, 5) is 14.2. The fourth-order valence-electron chi connectivity index (χ4n) is 1.68. The van der Waals surface area contributed by atoms with E-state index in [-0.39, 0.29) is 17.0 Å². The number of carbonyl (C=O) groups is 1. The van der Waals surface area contributed by atoms with Crippen molar-refractivity contribution in [2.24, 2.45) is 0 Å². The van der Waals surface area contributed by atoms with Crippen LogP contribution in [-0.4, -0.2) is 29.6 Å². The van der Waals surface area contributed by atoms with Crippen molar-refractivity contribution in [3.63, 3.8) is 0 Å². The lowest BCUT2D eigenvalue weighted by molar-refractivity contribution is -0.126. The summed E-state index contributed by atoms with van der Waals surface area (Å²) < 4.78 is 12.8.